The van der Waals surface area contributed by atoms with Gasteiger partial charge in [-0.25, -0.2) is 4.79 Å². The first-order chi connectivity index (χ1) is 4.22. The van der Waals surface area contributed by atoms with E-state index in [-0.39, 0.29) is 12.2 Å². The van der Waals surface area contributed by atoms with E-state index in [2.05, 4.69) is 0 Å². The zero-order chi connectivity index (χ0) is 7.28. The Morgan fingerprint density at radius 1 is 1.67 bits per heavy atom. The van der Waals surface area contributed by atoms with Gasteiger partial charge in [-0.1, -0.05) is 13.0 Å². The smallest absolute Gasteiger partial charge is 0.333 e. The molecule has 0 aromatic rings. The van der Waals surface area contributed by atoms with Crippen molar-refractivity contribution in [3.8, 4) is 0 Å². The minimum Gasteiger partial charge on any atom is -0.478 e. The molecule has 0 saturated carbocycles. The van der Waals surface area contributed by atoms with Gasteiger partial charge < -0.3 is 10.2 Å². The molecule has 0 atom stereocenters. The van der Waals surface area contributed by atoms with E-state index in [0.717, 1.165) is 0 Å². The van der Waals surface area contributed by atoms with Gasteiger partial charge in [-0.2, -0.15) is 0 Å². The van der Waals surface area contributed by atoms with Gasteiger partial charge in [0.05, 0.1) is 12.2 Å². The molecule has 0 heterocycles. The first-order valence-corrected chi connectivity index (χ1v) is 2.75. The summed E-state index contributed by atoms with van der Waals surface area (Å²) in [6, 6.07) is 0. The van der Waals surface area contributed by atoms with Crippen LogP contribution >= 0.6 is 0 Å². The van der Waals surface area contributed by atoms with E-state index in [4.69, 9.17) is 10.2 Å². The molecule has 3 heteroatoms. The third kappa shape index (κ3) is 2.87. The van der Waals surface area contributed by atoms with Crippen molar-refractivity contribution in [1.82, 2.24) is 0 Å². The third-order valence-corrected chi connectivity index (χ3v) is 0.896. The lowest BCUT2D eigenvalue weighted by molar-refractivity contribution is -0.133. The molecule has 0 unspecified atom stereocenters. The van der Waals surface area contributed by atoms with Crippen LogP contribution in [0.3, 0.4) is 0 Å². The van der Waals surface area contributed by atoms with Crippen molar-refractivity contribution < 1.29 is 15.0 Å². The van der Waals surface area contributed by atoms with Crippen molar-refractivity contribution >= 4 is 5.97 Å². The van der Waals surface area contributed by atoms with E-state index < -0.39 is 5.97 Å². The molecule has 9 heavy (non-hydrogen) atoms. The molecule has 0 bridgehead atoms. The Hall–Kier alpha value is -0.830. The van der Waals surface area contributed by atoms with Crippen LogP contribution in [0.4, 0.5) is 0 Å². The van der Waals surface area contributed by atoms with Crippen molar-refractivity contribution in [2.24, 2.45) is 0 Å². The lowest BCUT2D eigenvalue weighted by Crippen LogP contribution is -2.04. The van der Waals surface area contributed by atoms with Gasteiger partial charge in [0.15, 0.2) is 0 Å². The van der Waals surface area contributed by atoms with E-state index in [1.807, 2.05) is 6.92 Å². The molecule has 0 amide bonds. The van der Waals surface area contributed by atoms with Crippen LogP contribution in [-0.2, 0) is 4.79 Å². The van der Waals surface area contributed by atoms with Crippen LogP contribution in [0.1, 0.15) is 13.3 Å². The third-order valence-electron chi connectivity index (χ3n) is 0.896. The van der Waals surface area contributed by atoms with E-state index in [9.17, 15) is 4.79 Å². The zero-order valence-electron chi connectivity index (χ0n) is 5.29. The number of aliphatic hydroxyl groups excluding tert-OH is 1. The lowest BCUT2D eigenvalue weighted by Gasteiger charge is -1.92. The number of hydrogen-bond acceptors (Lipinski definition) is 2. The summed E-state index contributed by atoms with van der Waals surface area (Å²) in [4.78, 5) is 10.1. The minimum absolute atomic E-state index is 0.0671. The molecule has 0 radical (unpaired) electrons. The first-order valence-electron chi connectivity index (χ1n) is 2.75. The summed E-state index contributed by atoms with van der Waals surface area (Å²) in [7, 11) is 0. The van der Waals surface area contributed by atoms with Gasteiger partial charge in [0.1, 0.15) is 0 Å². The second-order valence-electron chi connectivity index (χ2n) is 1.60. The molecular formula is C6H10O3. The Labute approximate surface area is 53.6 Å². The van der Waals surface area contributed by atoms with E-state index in [0.29, 0.717) is 6.42 Å². The van der Waals surface area contributed by atoms with Crippen LogP contribution in [0, 0.1) is 0 Å². The van der Waals surface area contributed by atoms with Crippen LogP contribution in [0.5, 0.6) is 0 Å². The highest BCUT2D eigenvalue weighted by Crippen LogP contribution is 1.93. The second-order valence-corrected chi connectivity index (χ2v) is 1.60. The topological polar surface area (TPSA) is 57.5 Å². The van der Waals surface area contributed by atoms with Gasteiger partial charge in [-0.15, -0.1) is 0 Å². The average Bonchev–Trinajstić information content (AvgIpc) is 1.82. The standard InChI is InChI=1S/C6H10O3/c1-2-3-5(4-7)6(8)9/h3,7H,2,4H2,1H3,(H,8,9)/b5-3-. The molecule has 52 valence electrons. The van der Waals surface area contributed by atoms with E-state index in [1.165, 1.54) is 6.08 Å². The molecule has 0 saturated heterocycles. The number of carboxylic acids is 1. The van der Waals surface area contributed by atoms with Gasteiger partial charge >= 0.3 is 5.97 Å². The summed E-state index contributed by atoms with van der Waals surface area (Å²) in [5.41, 5.74) is 0.0671. The highest BCUT2D eigenvalue weighted by molar-refractivity contribution is 5.86. The number of rotatable bonds is 3. The average molecular weight is 130 g/mol. The van der Waals surface area contributed by atoms with E-state index >= 15 is 0 Å². The van der Waals surface area contributed by atoms with Crippen molar-refractivity contribution in [3.05, 3.63) is 11.6 Å². The highest BCUT2D eigenvalue weighted by Gasteiger charge is 2.01. The van der Waals surface area contributed by atoms with Crippen molar-refractivity contribution in [1.29, 1.82) is 0 Å². The van der Waals surface area contributed by atoms with Crippen molar-refractivity contribution in [3.63, 3.8) is 0 Å². The van der Waals surface area contributed by atoms with Crippen LogP contribution in [-0.4, -0.2) is 22.8 Å². The maximum atomic E-state index is 10.1. The Bertz CT molecular complexity index is 126. The largest absolute Gasteiger partial charge is 0.478 e. The van der Waals surface area contributed by atoms with Gasteiger partial charge in [0, 0.05) is 0 Å². The summed E-state index contributed by atoms with van der Waals surface area (Å²) < 4.78 is 0. The van der Waals surface area contributed by atoms with Crippen LogP contribution in [0.25, 0.3) is 0 Å². The maximum Gasteiger partial charge on any atom is 0.333 e. The number of aliphatic carboxylic acids is 1. The summed E-state index contributed by atoms with van der Waals surface area (Å²) in [6.07, 6.45) is 2.13. The lowest BCUT2D eigenvalue weighted by atomic mass is 10.2. The summed E-state index contributed by atoms with van der Waals surface area (Å²) >= 11 is 0. The van der Waals surface area contributed by atoms with Crippen LogP contribution in [0.2, 0.25) is 0 Å². The van der Waals surface area contributed by atoms with Crippen LogP contribution in [0.15, 0.2) is 11.6 Å². The SMILES string of the molecule is CC/C=C(/CO)C(=O)O. The summed E-state index contributed by atoms with van der Waals surface area (Å²) in [5.74, 6) is -1.04. The number of carbonyl (C=O) groups is 1. The Kier molecular flexibility index (Phi) is 3.71. The van der Waals surface area contributed by atoms with Gasteiger partial charge in [0.25, 0.3) is 0 Å². The van der Waals surface area contributed by atoms with Gasteiger partial charge in [-0.05, 0) is 6.42 Å². The van der Waals surface area contributed by atoms with Crippen molar-refractivity contribution in [2.75, 3.05) is 6.61 Å². The highest BCUT2D eigenvalue weighted by atomic mass is 16.4. The first kappa shape index (κ1) is 8.17. The predicted octanol–water partition coefficient (Wildman–Crippen LogP) is 0.400. The Balaban J connectivity index is 3.98. The van der Waals surface area contributed by atoms with Gasteiger partial charge in [0.2, 0.25) is 0 Å². The Morgan fingerprint density at radius 3 is 2.33 bits per heavy atom. The zero-order valence-corrected chi connectivity index (χ0v) is 5.29. The molecule has 0 aliphatic carbocycles. The second kappa shape index (κ2) is 4.09. The molecule has 0 aromatic carbocycles. The van der Waals surface area contributed by atoms with Crippen LogP contribution < -0.4 is 0 Å². The summed E-state index contributed by atoms with van der Waals surface area (Å²) in [5, 5.41) is 16.7. The maximum absolute atomic E-state index is 10.1. The molecular weight excluding hydrogens is 120 g/mol. The molecule has 0 aromatic heterocycles. The predicted molar refractivity (Wildman–Crippen MR) is 33.1 cm³/mol. The molecule has 0 aliphatic heterocycles. The number of hydrogen-bond donors (Lipinski definition) is 2. The molecule has 3 nitrogen and oxygen atoms in total. The summed E-state index contributed by atoms with van der Waals surface area (Å²) in [6.45, 7) is 1.43. The fourth-order valence-corrected chi connectivity index (χ4v) is 0.466. The molecule has 0 rings (SSSR count). The van der Waals surface area contributed by atoms with Crippen molar-refractivity contribution in [2.45, 2.75) is 13.3 Å². The molecule has 0 aliphatic rings. The number of allylic oxidation sites excluding steroid dienone is 1. The fourth-order valence-electron chi connectivity index (χ4n) is 0.466. The molecule has 2 N–H and O–H groups in total. The number of carboxylic acid groups (broad SMARTS) is 1. The Morgan fingerprint density at radius 2 is 2.22 bits per heavy atom. The fraction of sp³-hybridized carbons (Fsp3) is 0.500. The quantitative estimate of drug-likeness (QED) is 0.543. The van der Waals surface area contributed by atoms with Gasteiger partial charge in [-0.3, -0.25) is 0 Å². The minimum atomic E-state index is -1.04. The molecule has 0 spiro atoms. The normalized spacial score (nSPS) is 11.6. The number of aliphatic hydroxyl groups is 1. The monoisotopic (exact) mass is 130 g/mol. The van der Waals surface area contributed by atoms with E-state index in [1.54, 1.807) is 0 Å². The molecule has 0 fully saturated rings.